The van der Waals surface area contributed by atoms with Crippen molar-refractivity contribution in [3.63, 3.8) is 0 Å². The normalized spacial score (nSPS) is 28.7. The molecule has 6 heteroatoms. The molecule has 0 amide bonds. The number of rotatable bonds is 3. The molecule has 0 aromatic heterocycles. The molecule has 24 heavy (non-hydrogen) atoms. The van der Waals surface area contributed by atoms with E-state index in [-0.39, 0.29) is 0 Å². The number of hydrogen-bond donors (Lipinski definition) is 0. The second-order valence-corrected chi connectivity index (χ2v) is 5.43. The Labute approximate surface area is 140 Å². The van der Waals surface area contributed by atoms with Crippen LogP contribution in [0, 0.1) is 0 Å². The molecule has 0 spiro atoms. The summed E-state index contributed by atoms with van der Waals surface area (Å²) in [6.07, 6.45) is 9.38. The number of esters is 1. The Balaban J connectivity index is 2.12. The van der Waals surface area contributed by atoms with E-state index >= 15 is 0 Å². The first-order valence-electron chi connectivity index (χ1n) is 7.68. The van der Waals surface area contributed by atoms with Crippen molar-refractivity contribution in [2.24, 2.45) is 0 Å². The molecular weight excluding hydrogens is 312 g/mol. The highest BCUT2D eigenvalue weighted by Gasteiger charge is 2.36. The first kappa shape index (κ1) is 16.4. The second-order valence-electron chi connectivity index (χ2n) is 5.43. The quantitative estimate of drug-likeness (QED) is 0.740. The number of ether oxygens (including phenoxy) is 5. The Morgan fingerprint density at radius 3 is 2.71 bits per heavy atom. The van der Waals surface area contributed by atoms with Crippen LogP contribution in [0.15, 0.2) is 58.8 Å². The summed E-state index contributed by atoms with van der Waals surface area (Å²) in [5.41, 5.74) is 2.95. The zero-order chi connectivity index (χ0) is 17.1. The molecule has 2 aliphatic carbocycles. The highest BCUT2D eigenvalue weighted by atomic mass is 16.7. The molecule has 2 atom stereocenters. The van der Waals surface area contributed by atoms with Gasteiger partial charge >= 0.3 is 5.97 Å². The summed E-state index contributed by atoms with van der Waals surface area (Å²) in [7, 11) is 4.39. The molecule has 1 heterocycles. The smallest absolute Gasteiger partial charge is 0.376 e. The third-order valence-corrected chi connectivity index (χ3v) is 4.14. The van der Waals surface area contributed by atoms with Gasteiger partial charge in [0.15, 0.2) is 11.5 Å². The lowest BCUT2D eigenvalue weighted by Gasteiger charge is -2.32. The van der Waals surface area contributed by atoms with Gasteiger partial charge in [0.25, 0.3) is 6.29 Å². The van der Waals surface area contributed by atoms with Crippen LogP contribution in [0.25, 0.3) is 0 Å². The predicted octanol–water partition coefficient (Wildman–Crippen LogP) is 2.51. The summed E-state index contributed by atoms with van der Waals surface area (Å²) < 4.78 is 27.0. The lowest BCUT2D eigenvalue weighted by atomic mass is 9.86. The van der Waals surface area contributed by atoms with Crippen LogP contribution >= 0.6 is 0 Å². The Morgan fingerprint density at radius 1 is 1.17 bits per heavy atom. The molecule has 128 valence electrons. The van der Waals surface area contributed by atoms with Crippen LogP contribution in [0.5, 0.6) is 0 Å². The zero-order valence-corrected chi connectivity index (χ0v) is 13.9. The Bertz CT molecular complexity index is 680. The molecule has 0 N–H and O–H groups in total. The van der Waals surface area contributed by atoms with E-state index in [4.69, 9.17) is 23.7 Å². The van der Waals surface area contributed by atoms with Crippen molar-refractivity contribution in [3.05, 3.63) is 58.8 Å². The minimum Gasteiger partial charge on any atom is -0.494 e. The van der Waals surface area contributed by atoms with E-state index in [0.717, 1.165) is 29.6 Å². The van der Waals surface area contributed by atoms with Crippen molar-refractivity contribution >= 4 is 5.97 Å². The maximum atomic E-state index is 12.0. The van der Waals surface area contributed by atoms with E-state index in [1.165, 1.54) is 7.11 Å². The van der Waals surface area contributed by atoms with Crippen molar-refractivity contribution in [1.82, 2.24) is 0 Å². The van der Waals surface area contributed by atoms with Gasteiger partial charge in [0.05, 0.1) is 27.6 Å². The summed E-state index contributed by atoms with van der Waals surface area (Å²) >= 11 is 0. The SMILES string of the molecule is COC(=O)C1OC=C2C=CCC/C2=C2\C=CC(OC)=C(OC)C2O1. The summed E-state index contributed by atoms with van der Waals surface area (Å²) in [5.74, 6) is 0.433. The molecule has 0 bridgehead atoms. The summed E-state index contributed by atoms with van der Waals surface area (Å²) in [4.78, 5) is 12.0. The van der Waals surface area contributed by atoms with E-state index in [9.17, 15) is 4.79 Å². The van der Waals surface area contributed by atoms with Gasteiger partial charge in [-0.2, -0.15) is 0 Å². The number of fused-ring (bicyclic) bond motifs is 2. The van der Waals surface area contributed by atoms with Crippen LogP contribution in [0.2, 0.25) is 0 Å². The minimum absolute atomic E-state index is 0.496. The Morgan fingerprint density at radius 2 is 2.00 bits per heavy atom. The maximum Gasteiger partial charge on any atom is 0.376 e. The number of carbonyl (C=O) groups excluding carboxylic acids is 1. The third kappa shape index (κ3) is 2.85. The predicted molar refractivity (Wildman–Crippen MR) is 85.4 cm³/mol. The topological polar surface area (TPSA) is 63.2 Å². The fourth-order valence-corrected chi connectivity index (χ4v) is 2.98. The van der Waals surface area contributed by atoms with Gasteiger partial charge < -0.3 is 23.7 Å². The number of methoxy groups -OCH3 is 3. The molecule has 0 radical (unpaired) electrons. The highest BCUT2D eigenvalue weighted by Crippen LogP contribution is 2.37. The van der Waals surface area contributed by atoms with Gasteiger partial charge in [-0.15, -0.1) is 0 Å². The molecule has 0 aromatic carbocycles. The highest BCUT2D eigenvalue weighted by molar-refractivity contribution is 5.73. The van der Waals surface area contributed by atoms with Crippen LogP contribution in [-0.4, -0.2) is 39.7 Å². The van der Waals surface area contributed by atoms with Crippen molar-refractivity contribution < 1.29 is 28.5 Å². The van der Waals surface area contributed by atoms with Crippen LogP contribution in [0.4, 0.5) is 0 Å². The van der Waals surface area contributed by atoms with Crippen LogP contribution < -0.4 is 0 Å². The van der Waals surface area contributed by atoms with Gasteiger partial charge in [0.2, 0.25) is 0 Å². The summed E-state index contributed by atoms with van der Waals surface area (Å²) in [6.45, 7) is 0. The van der Waals surface area contributed by atoms with E-state index in [1.807, 2.05) is 18.2 Å². The van der Waals surface area contributed by atoms with Crippen molar-refractivity contribution in [1.29, 1.82) is 0 Å². The Hall–Kier alpha value is -2.47. The molecule has 0 saturated carbocycles. The molecule has 0 fully saturated rings. The molecule has 6 nitrogen and oxygen atoms in total. The molecule has 1 aliphatic heterocycles. The maximum absolute atomic E-state index is 12.0. The zero-order valence-electron chi connectivity index (χ0n) is 13.9. The monoisotopic (exact) mass is 332 g/mol. The Kier molecular flexibility index (Phi) is 4.76. The molecule has 0 aromatic rings. The van der Waals surface area contributed by atoms with E-state index in [2.05, 4.69) is 6.08 Å². The fourth-order valence-electron chi connectivity index (χ4n) is 2.98. The number of hydrogen-bond acceptors (Lipinski definition) is 6. The van der Waals surface area contributed by atoms with Gasteiger partial charge in [-0.1, -0.05) is 18.2 Å². The summed E-state index contributed by atoms with van der Waals surface area (Å²) in [5, 5.41) is 0. The largest absolute Gasteiger partial charge is 0.494 e. The van der Waals surface area contributed by atoms with E-state index < -0.39 is 18.4 Å². The number of allylic oxidation sites excluding steroid dienone is 5. The third-order valence-electron chi connectivity index (χ3n) is 4.14. The standard InChI is InChI=1S/C18H20O6/c1-20-14-9-8-13-12-7-5-4-6-11(12)10-23-18(17(19)22-3)24-15(13)16(14)21-2/h4,6,8-10,15,18H,5,7H2,1-3H3/b11-10?,13-12-. The fraction of sp³-hybridized carbons (Fsp3) is 0.389. The average molecular weight is 332 g/mol. The first-order chi connectivity index (χ1) is 11.7. The lowest BCUT2D eigenvalue weighted by molar-refractivity contribution is -0.188. The number of carbonyl (C=O) groups is 1. The molecule has 0 saturated heterocycles. The van der Waals surface area contributed by atoms with Crippen molar-refractivity contribution in [2.75, 3.05) is 21.3 Å². The van der Waals surface area contributed by atoms with Gasteiger partial charge in [-0.25, -0.2) is 4.79 Å². The van der Waals surface area contributed by atoms with Crippen molar-refractivity contribution in [2.45, 2.75) is 25.2 Å². The van der Waals surface area contributed by atoms with Crippen molar-refractivity contribution in [3.8, 4) is 0 Å². The van der Waals surface area contributed by atoms with Crippen LogP contribution in [0.1, 0.15) is 12.8 Å². The van der Waals surface area contributed by atoms with Gasteiger partial charge in [-0.05, 0) is 30.1 Å². The average Bonchev–Trinajstić information content (AvgIpc) is 2.62. The molecule has 2 unspecified atom stereocenters. The first-order valence-corrected chi connectivity index (χ1v) is 7.68. The van der Waals surface area contributed by atoms with E-state index in [1.54, 1.807) is 20.5 Å². The van der Waals surface area contributed by atoms with Gasteiger partial charge in [0, 0.05) is 5.57 Å². The lowest BCUT2D eigenvalue weighted by Crippen LogP contribution is -2.36. The summed E-state index contributed by atoms with van der Waals surface area (Å²) in [6, 6.07) is 0. The van der Waals surface area contributed by atoms with E-state index in [0.29, 0.717) is 11.5 Å². The molecule has 3 rings (SSSR count). The van der Waals surface area contributed by atoms with Crippen LogP contribution in [-0.2, 0) is 28.5 Å². The minimum atomic E-state index is -1.19. The van der Waals surface area contributed by atoms with Gasteiger partial charge in [-0.3, -0.25) is 0 Å². The van der Waals surface area contributed by atoms with Crippen LogP contribution in [0.3, 0.4) is 0 Å². The van der Waals surface area contributed by atoms with Gasteiger partial charge in [0.1, 0.15) is 6.10 Å². The second kappa shape index (κ2) is 6.97. The molecular formula is C18H20O6. The molecule has 3 aliphatic rings.